The maximum absolute atomic E-state index is 12.7. The van der Waals surface area contributed by atoms with Gasteiger partial charge in [0, 0.05) is 48.3 Å². The van der Waals surface area contributed by atoms with Gasteiger partial charge in [-0.25, -0.2) is 5.01 Å². The Morgan fingerprint density at radius 2 is 0.941 bits per heavy atom. The number of hydrazine groups is 1. The lowest BCUT2D eigenvalue weighted by molar-refractivity contribution is -0.288. The molecule has 2 radical (unpaired) electrons. The highest BCUT2D eigenvalue weighted by Crippen LogP contribution is 2.39. The maximum Gasteiger partial charge on any atom is 0.244 e. The molecule has 3 N–H and O–H groups in total. The van der Waals surface area contributed by atoms with Crippen LogP contribution in [0.25, 0.3) is 0 Å². The molecule has 0 amide bonds. The minimum atomic E-state index is -0.498. The standard InChI is InChI=1S/C23H43N9O2/c1-20(2)11-15(12-21(3,4)31(20)33)24-17-26-18(28-19(27-17)29-30(9)10)25-16-13-22(5,6)32(34)23(7,8)14-16/h15-16H,11-14H2,1-10H3,(H3,24,25,26,27,28,29). The smallest absolute Gasteiger partial charge is 0.244 e. The van der Waals surface area contributed by atoms with Crippen molar-refractivity contribution in [2.45, 2.75) is 115 Å². The van der Waals surface area contributed by atoms with Crippen LogP contribution in [0.2, 0.25) is 0 Å². The van der Waals surface area contributed by atoms with E-state index in [1.54, 1.807) is 5.01 Å². The van der Waals surface area contributed by atoms with Crippen molar-refractivity contribution in [2.24, 2.45) is 0 Å². The summed E-state index contributed by atoms with van der Waals surface area (Å²) in [7, 11) is 3.74. The number of rotatable bonds is 6. The van der Waals surface area contributed by atoms with Gasteiger partial charge in [-0.15, -0.1) is 20.5 Å². The van der Waals surface area contributed by atoms with Gasteiger partial charge >= 0.3 is 0 Å². The molecule has 2 aliphatic heterocycles. The molecule has 11 heteroatoms. The molecular formula is C23H43N9O2. The van der Waals surface area contributed by atoms with Crippen molar-refractivity contribution in [1.29, 1.82) is 0 Å². The van der Waals surface area contributed by atoms with Gasteiger partial charge in [0.2, 0.25) is 17.8 Å². The number of aromatic nitrogens is 3. The molecule has 1 aromatic rings. The number of hydrogen-bond acceptors (Lipinski definition) is 9. The highest BCUT2D eigenvalue weighted by Gasteiger charge is 2.47. The number of anilines is 3. The zero-order valence-electron chi connectivity index (χ0n) is 22.5. The summed E-state index contributed by atoms with van der Waals surface area (Å²) >= 11 is 0. The van der Waals surface area contributed by atoms with Gasteiger partial charge in [-0.3, -0.25) is 5.43 Å². The van der Waals surface area contributed by atoms with Crippen LogP contribution in [0, 0.1) is 0 Å². The molecule has 2 saturated heterocycles. The summed E-state index contributed by atoms with van der Waals surface area (Å²) in [6.07, 6.45) is 2.70. The molecular weight excluding hydrogens is 434 g/mol. The lowest BCUT2D eigenvalue weighted by atomic mass is 9.79. The minimum absolute atomic E-state index is 0.0409. The largest absolute Gasteiger partial charge is 0.351 e. The van der Waals surface area contributed by atoms with Crippen molar-refractivity contribution in [3.63, 3.8) is 0 Å². The molecule has 192 valence electrons. The van der Waals surface area contributed by atoms with Crippen molar-refractivity contribution in [3.05, 3.63) is 0 Å². The fraction of sp³-hybridized carbons (Fsp3) is 0.870. The number of piperidine rings is 2. The van der Waals surface area contributed by atoms with E-state index < -0.39 is 22.2 Å². The van der Waals surface area contributed by atoms with Crippen LogP contribution < -0.4 is 16.1 Å². The van der Waals surface area contributed by atoms with Crippen LogP contribution in [0.4, 0.5) is 17.8 Å². The van der Waals surface area contributed by atoms with Crippen LogP contribution in [0.3, 0.4) is 0 Å². The number of hydrogen-bond donors (Lipinski definition) is 3. The molecule has 2 aliphatic rings. The SMILES string of the molecule is CN(C)Nc1nc(NC2CC(C)(C)N([O])C(C)(C)C2)nc(NC2CC(C)(C)N([O])C(C)(C)C2)n1. The molecule has 0 bridgehead atoms. The molecule has 11 nitrogen and oxygen atoms in total. The van der Waals surface area contributed by atoms with E-state index >= 15 is 0 Å². The van der Waals surface area contributed by atoms with Gasteiger partial charge in [0.1, 0.15) is 0 Å². The van der Waals surface area contributed by atoms with Crippen molar-refractivity contribution in [1.82, 2.24) is 30.1 Å². The van der Waals surface area contributed by atoms with E-state index in [2.05, 4.69) is 31.0 Å². The van der Waals surface area contributed by atoms with Crippen molar-refractivity contribution >= 4 is 17.8 Å². The minimum Gasteiger partial charge on any atom is -0.351 e. The van der Waals surface area contributed by atoms with E-state index in [9.17, 15) is 10.4 Å². The average molecular weight is 478 g/mol. The quantitative estimate of drug-likeness (QED) is 0.529. The van der Waals surface area contributed by atoms with Crippen LogP contribution in [-0.4, -0.2) is 78.4 Å². The van der Waals surface area contributed by atoms with Crippen LogP contribution in [0.1, 0.15) is 81.1 Å². The zero-order chi connectivity index (χ0) is 25.7. The van der Waals surface area contributed by atoms with Gasteiger partial charge in [0.25, 0.3) is 0 Å². The highest BCUT2D eigenvalue weighted by atomic mass is 16.5. The van der Waals surface area contributed by atoms with Crippen LogP contribution >= 0.6 is 0 Å². The molecule has 0 spiro atoms. The first-order valence-electron chi connectivity index (χ1n) is 12.1. The molecule has 0 atom stereocenters. The third-order valence-electron chi connectivity index (χ3n) is 6.81. The fourth-order valence-corrected chi connectivity index (χ4v) is 5.85. The molecule has 0 unspecified atom stereocenters. The predicted octanol–water partition coefficient (Wildman–Crippen LogP) is 3.32. The van der Waals surface area contributed by atoms with Gasteiger partial charge in [0.05, 0.1) is 0 Å². The Morgan fingerprint density at radius 3 is 1.24 bits per heavy atom. The summed E-state index contributed by atoms with van der Waals surface area (Å²) in [6, 6.07) is 0.0819. The predicted molar refractivity (Wildman–Crippen MR) is 132 cm³/mol. The first kappa shape index (κ1) is 26.8. The Kier molecular flexibility index (Phi) is 7.11. The Labute approximate surface area is 204 Å². The number of nitrogens with zero attached hydrogens (tertiary/aromatic N) is 6. The van der Waals surface area contributed by atoms with E-state index in [1.807, 2.05) is 69.5 Å². The third kappa shape index (κ3) is 5.88. The summed E-state index contributed by atoms with van der Waals surface area (Å²) in [6.45, 7) is 15.8. The lowest BCUT2D eigenvalue weighted by Crippen LogP contribution is -2.60. The monoisotopic (exact) mass is 477 g/mol. The van der Waals surface area contributed by atoms with Gasteiger partial charge in [-0.05, 0) is 81.1 Å². The Bertz CT molecular complexity index is 774. The van der Waals surface area contributed by atoms with Crippen molar-refractivity contribution < 1.29 is 10.4 Å². The molecule has 0 saturated carbocycles. The maximum atomic E-state index is 12.7. The van der Waals surface area contributed by atoms with Crippen molar-refractivity contribution in [3.8, 4) is 0 Å². The highest BCUT2D eigenvalue weighted by molar-refractivity contribution is 5.43. The first-order chi connectivity index (χ1) is 15.4. The summed E-state index contributed by atoms with van der Waals surface area (Å²) in [5.41, 5.74) is 1.12. The molecule has 1 aromatic heterocycles. The zero-order valence-corrected chi connectivity index (χ0v) is 22.5. The van der Waals surface area contributed by atoms with Crippen LogP contribution in [-0.2, 0) is 10.4 Å². The van der Waals surface area contributed by atoms with E-state index in [0.717, 1.165) is 0 Å². The summed E-state index contributed by atoms with van der Waals surface area (Å²) in [5, 5.41) is 36.6. The van der Waals surface area contributed by atoms with E-state index in [0.29, 0.717) is 43.5 Å². The summed E-state index contributed by atoms with van der Waals surface area (Å²) < 4.78 is 0. The van der Waals surface area contributed by atoms with Crippen LogP contribution in [0.15, 0.2) is 0 Å². The average Bonchev–Trinajstić information content (AvgIpc) is 2.62. The second-order valence-corrected chi connectivity index (χ2v) is 12.6. The van der Waals surface area contributed by atoms with E-state index in [-0.39, 0.29) is 12.1 Å². The fourth-order valence-electron chi connectivity index (χ4n) is 5.85. The molecule has 3 heterocycles. The van der Waals surface area contributed by atoms with Crippen LogP contribution in [0.5, 0.6) is 0 Å². The van der Waals surface area contributed by atoms with E-state index in [1.165, 1.54) is 10.1 Å². The second-order valence-electron chi connectivity index (χ2n) is 12.6. The molecule has 0 aliphatic carbocycles. The van der Waals surface area contributed by atoms with Gasteiger partial charge in [-0.1, -0.05) is 0 Å². The topological polar surface area (TPSA) is 124 Å². The Balaban J connectivity index is 1.84. The van der Waals surface area contributed by atoms with Crippen molar-refractivity contribution in [2.75, 3.05) is 30.2 Å². The third-order valence-corrected chi connectivity index (χ3v) is 6.81. The summed E-state index contributed by atoms with van der Waals surface area (Å²) in [5.74, 6) is 1.33. The molecule has 0 aromatic carbocycles. The number of nitrogens with one attached hydrogen (secondary N) is 3. The van der Waals surface area contributed by atoms with Gasteiger partial charge < -0.3 is 10.6 Å². The number of hydroxylamine groups is 4. The van der Waals surface area contributed by atoms with E-state index in [4.69, 9.17) is 0 Å². The second kappa shape index (κ2) is 9.02. The molecule has 2 fully saturated rings. The van der Waals surface area contributed by atoms with Gasteiger partial charge in [-0.2, -0.15) is 15.0 Å². The Morgan fingerprint density at radius 1 is 0.647 bits per heavy atom. The lowest BCUT2D eigenvalue weighted by Gasteiger charge is -2.50. The molecule has 34 heavy (non-hydrogen) atoms. The Hall–Kier alpha value is -1.79. The first-order valence-corrected chi connectivity index (χ1v) is 12.1. The summed E-state index contributed by atoms with van der Waals surface area (Å²) in [4.78, 5) is 13.8. The molecule has 3 rings (SSSR count). The normalized spacial score (nSPS) is 25.3. The van der Waals surface area contributed by atoms with Gasteiger partial charge in [0.15, 0.2) is 0 Å².